The summed E-state index contributed by atoms with van der Waals surface area (Å²) in [6, 6.07) is 0. The summed E-state index contributed by atoms with van der Waals surface area (Å²) in [5.41, 5.74) is 5.55. The third kappa shape index (κ3) is 3.23. The Morgan fingerprint density at radius 3 is 2.39 bits per heavy atom. The van der Waals surface area contributed by atoms with Gasteiger partial charge in [0.15, 0.2) is 0 Å². The highest BCUT2D eigenvalue weighted by Crippen LogP contribution is 2.33. The van der Waals surface area contributed by atoms with E-state index in [2.05, 4.69) is 13.8 Å². The Bertz CT molecular complexity index is 263. The number of hydrogen-bond acceptors (Lipinski definition) is 3. The molecule has 0 saturated carbocycles. The molecule has 0 spiro atoms. The molecule has 1 rings (SSSR count). The summed E-state index contributed by atoms with van der Waals surface area (Å²) in [5.74, 6) is 0.470. The monoisotopic (exact) mass is 256 g/mol. The molecule has 106 valence electrons. The zero-order valence-corrected chi connectivity index (χ0v) is 11.8. The molecule has 0 aromatic heterocycles. The molecule has 1 heterocycles. The molecule has 0 aromatic rings. The van der Waals surface area contributed by atoms with E-state index in [1.807, 2.05) is 4.90 Å². The lowest BCUT2D eigenvalue weighted by Crippen LogP contribution is -2.47. The summed E-state index contributed by atoms with van der Waals surface area (Å²) in [6.45, 7) is 6.31. The molecule has 1 aliphatic rings. The second-order valence-corrected chi connectivity index (χ2v) is 5.57. The molecule has 4 nitrogen and oxygen atoms in total. The molecule has 1 unspecified atom stereocenters. The standard InChI is InChI=1S/C14H28N2O2/c1-3-6-14(11-15,7-4-2)13(18)16-8-5-12(9-16)10-17/h12,17H,3-11,15H2,1-2H3. The predicted octanol–water partition coefficient (Wildman–Crippen LogP) is 1.37. The molecule has 3 N–H and O–H groups in total. The van der Waals surface area contributed by atoms with E-state index < -0.39 is 0 Å². The molecule has 0 aromatic carbocycles. The Balaban J connectivity index is 2.75. The molecule has 1 atom stereocenters. The van der Waals surface area contributed by atoms with Crippen molar-refractivity contribution in [1.29, 1.82) is 0 Å². The van der Waals surface area contributed by atoms with Gasteiger partial charge in [-0.1, -0.05) is 26.7 Å². The van der Waals surface area contributed by atoms with E-state index in [9.17, 15) is 4.79 Å². The predicted molar refractivity (Wildman–Crippen MR) is 73.1 cm³/mol. The van der Waals surface area contributed by atoms with Gasteiger partial charge in [0.05, 0.1) is 5.41 Å². The number of aliphatic hydroxyl groups is 1. The summed E-state index contributed by atoms with van der Waals surface area (Å²) in [4.78, 5) is 14.6. The summed E-state index contributed by atoms with van der Waals surface area (Å²) in [6.07, 6.45) is 4.63. The Labute approximate surface area is 111 Å². The first-order valence-electron chi connectivity index (χ1n) is 7.23. The Hall–Kier alpha value is -0.610. The first kappa shape index (κ1) is 15.4. The second kappa shape index (κ2) is 7.10. The van der Waals surface area contributed by atoms with Crippen molar-refractivity contribution in [2.45, 2.75) is 46.0 Å². The fourth-order valence-corrected chi connectivity index (χ4v) is 3.09. The fourth-order valence-electron chi connectivity index (χ4n) is 3.09. The van der Waals surface area contributed by atoms with Gasteiger partial charge in [-0.2, -0.15) is 0 Å². The number of carbonyl (C=O) groups is 1. The van der Waals surface area contributed by atoms with Gasteiger partial charge in [0.25, 0.3) is 0 Å². The summed E-state index contributed by atoms with van der Waals surface area (Å²) < 4.78 is 0. The number of likely N-dealkylation sites (tertiary alicyclic amines) is 1. The van der Waals surface area contributed by atoms with Crippen molar-refractivity contribution in [3.63, 3.8) is 0 Å². The van der Waals surface area contributed by atoms with Crippen molar-refractivity contribution < 1.29 is 9.90 Å². The van der Waals surface area contributed by atoms with Gasteiger partial charge in [-0.3, -0.25) is 4.79 Å². The van der Waals surface area contributed by atoms with Crippen LogP contribution in [0, 0.1) is 11.3 Å². The normalized spacial score (nSPS) is 20.4. The Morgan fingerprint density at radius 2 is 2.00 bits per heavy atom. The average Bonchev–Trinajstić information content (AvgIpc) is 2.86. The quantitative estimate of drug-likeness (QED) is 0.723. The minimum atomic E-state index is -0.367. The van der Waals surface area contributed by atoms with Gasteiger partial charge in [-0.15, -0.1) is 0 Å². The van der Waals surface area contributed by atoms with Gasteiger partial charge < -0.3 is 15.7 Å². The molecular weight excluding hydrogens is 228 g/mol. The molecular formula is C14H28N2O2. The molecule has 0 radical (unpaired) electrons. The topological polar surface area (TPSA) is 66.6 Å². The minimum Gasteiger partial charge on any atom is -0.396 e. The van der Waals surface area contributed by atoms with Crippen molar-refractivity contribution >= 4 is 5.91 Å². The highest BCUT2D eigenvalue weighted by Gasteiger charge is 2.40. The van der Waals surface area contributed by atoms with E-state index in [-0.39, 0.29) is 23.8 Å². The molecule has 1 aliphatic heterocycles. The van der Waals surface area contributed by atoms with Crippen LogP contribution in [0.3, 0.4) is 0 Å². The molecule has 0 aliphatic carbocycles. The Kier molecular flexibility index (Phi) is 6.09. The maximum atomic E-state index is 12.7. The van der Waals surface area contributed by atoms with Crippen LogP contribution in [0.15, 0.2) is 0 Å². The van der Waals surface area contributed by atoms with Crippen LogP contribution in [0.4, 0.5) is 0 Å². The van der Waals surface area contributed by atoms with Crippen LogP contribution in [0.1, 0.15) is 46.0 Å². The maximum Gasteiger partial charge on any atom is 0.230 e. The molecule has 18 heavy (non-hydrogen) atoms. The minimum absolute atomic E-state index is 0.182. The van der Waals surface area contributed by atoms with E-state index in [0.717, 1.165) is 38.6 Å². The lowest BCUT2D eigenvalue weighted by atomic mass is 9.78. The SMILES string of the molecule is CCCC(CN)(CCC)C(=O)N1CCC(CO)C1. The van der Waals surface area contributed by atoms with Crippen LogP contribution in [-0.4, -0.2) is 42.2 Å². The van der Waals surface area contributed by atoms with Gasteiger partial charge in [0.2, 0.25) is 5.91 Å². The number of nitrogens with zero attached hydrogens (tertiary/aromatic N) is 1. The number of nitrogens with two attached hydrogens (primary N) is 1. The highest BCUT2D eigenvalue weighted by atomic mass is 16.3. The summed E-state index contributed by atoms with van der Waals surface area (Å²) >= 11 is 0. The molecule has 4 heteroatoms. The fraction of sp³-hybridized carbons (Fsp3) is 0.929. The van der Waals surface area contributed by atoms with E-state index >= 15 is 0 Å². The third-order valence-corrected chi connectivity index (χ3v) is 4.13. The van der Waals surface area contributed by atoms with E-state index in [1.54, 1.807) is 0 Å². The number of rotatable bonds is 7. The number of hydrogen-bond donors (Lipinski definition) is 2. The lowest BCUT2D eigenvalue weighted by Gasteiger charge is -2.34. The van der Waals surface area contributed by atoms with Crippen LogP contribution in [0.5, 0.6) is 0 Å². The first-order chi connectivity index (χ1) is 8.63. The van der Waals surface area contributed by atoms with Crippen LogP contribution < -0.4 is 5.73 Å². The average molecular weight is 256 g/mol. The maximum absolute atomic E-state index is 12.7. The largest absolute Gasteiger partial charge is 0.396 e. The smallest absolute Gasteiger partial charge is 0.230 e. The number of carbonyl (C=O) groups excluding carboxylic acids is 1. The Morgan fingerprint density at radius 1 is 1.39 bits per heavy atom. The van der Waals surface area contributed by atoms with Gasteiger partial charge in [-0.25, -0.2) is 0 Å². The van der Waals surface area contributed by atoms with Crippen LogP contribution in [-0.2, 0) is 4.79 Å². The molecule has 1 fully saturated rings. The van der Waals surface area contributed by atoms with Crippen LogP contribution in [0.25, 0.3) is 0 Å². The summed E-state index contributed by atoms with van der Waals surface area (Å²) in [7, 11) is 0. The number of amides is 1. The van der Waals surface area contributed by atoms with Crippen molar-refractivity contribution in [3.05, 3.63) is 0 Å². The lowest BCUT2D eigenvalue weighted by molar-refractivity contribution is -0.141. The summed E-state index contributed by atoms with van der Waals surface area (Å²) in [5, 5.41) is 9.17. The van der Waals surface area contributed by atoms with Gasteiger partial charge in [0, 0.05) is 32.2 Å². The van der Waals surface area contributed by atoms with Crippen molar-refractivity contribution in [2.75, 3.05) is 26.2 Å². The van der Waals surface area contributed by atoms with E-state index in [0.29, 0.717) is 13.1 Å². The van der Waals surface area contributed by atoms with Gasteiger partial charge in [-0.05, 0) is 19.3 Å². The van der Waals surface area contributed by atoms with E-state index in [4.69, 9.17) is 10.8 Å². The van der Waals surface area contributed by atoms with Crippen LogP contribution in [0.2, 0.25) is 0 Å². The molecule has 1 amide bonds. The van der Waals surface area contributed by atoms with Crippen molar-refractivity contribution in [1.82, 2.24) is 4.90 Å². The van der Waals surface area contributed by atoms with Crippen molar-refractivity contribution in [2.24, 2.45) is 17.1 Å². The first-order valence-corrected chi connectivity index (χ1v) is 7.23. The van der Waals surface area contributed by atoms with Gasteiger partial charge >= 0.3 is 0 Å². The van der Waals surface area contributed by atoms with Crippen molar-refractivity contribution in [3.8, 4) is 0 Å². The highest BCUT2D eigenvalue weighted by molar-refractivity contribution is 5.83. The molecule has 1 saturated heterocycles. The second-order valence-electron chi connectivity index (χ2n) is 5.57. The van der Waals surface area contributed by atoms with Crippen LogP contribution >= 0.6 is 0 Å². The zero-order valence-electron chi connectivity index (χ0n) is 11.8. The van der Waals surface area contributed by atoms with E-state index in [1.165, 1.54) is 0 Å². The molecule has 0 bridgehead atoms. The number of aliphatic hydroxyl groups excluding tert-OH is 1. The third-order valence-electron chi connectivity index (χ3n) is 4.13. The van der Waals surface area contributed by atoms with Gasteiger partial charge in [0.1, 0.15) is 0 Å². The zero-order chi connectivity index (χ0) is 13.6.